The van der Waals surface area contributed by atoms with Gasteiger partial charge in [0, 0.05) is 19.5 Å². The van der Waals surface area contributed by atoms with Crippen LogP contribution in [0.3, 0.4) is 0 Å². The number of imide groups is 1. The number of aromatic nitrogens is 2. The first-order chi connectivity index (χ1) is 19.8. The van der Waals surface area contributed by atoms with E-state index in [-0.39, 0.29) is 43.2 Å². The Bertz CT molecular complexity index is 1500. The van der Waals surface area contributed by atoms with Crippen molar-refractivity contribution in [2.24, 2.45) is 0 Å². The lowest BCUT2D eigenvalue weighted by atomic mass is 9.87. The van der Waals surface area contributed by atoms with Crippen LogP contribution in [-0.2, 0) is 37.8 Å². The number of nitrogens with zero attached hydrogens (tertiary/aromatic N) is 2. The average molecular weight is 562 g/mol. The fourth-order valence-electron chi connectivity index (χ4n) is 4.94. The molecule has 1 atom stereocenters. The second kappa shape index (κ2) is 13.2. The number of benzene rings is 2. The summed E-state index contributed by atoms with van der Waals surface area (Å²) < 4.78 is 6.57. The summed E-state index contributed by atoms with van der Waals surface area (Å²) >= 11 is 0. The van der Waals surface area contributed by atoms with Crippen molar-refractivity contribution in [3.63, 3.8) is 0 Å². The minimum atomic E-state index is -2.11. The number of fused-ring (bicyclic) bond motifs is 1. The minimum Gasteiger partial charge on any atom is -0.459 e. The van der Waals surface area contributed by atoms with Gasteiger partial charge in [-0.15, -0.1) is 0 Å². The molecule has 3 N–H and O–H groups in total. The maximum absolute atomic E-state index is 13.9. The molecule has 11 nitrogen and oxygen atoms in total. The van der Waals surface area contributed by atoms with Crippen LogP contribution in [0, 0.1) is 6.92 Å². The van der Waals surface area contributed by atoms with E-state index in [9.17, 15) is 24.0 Å². The van der Waals surface area contributed by atoms with Crippen molar-refractivity contribution in [2.75, 3.05) is 6.54 Å². The molecule has 0 saturated carbocycles. The molecule has 41 heavy (non-hydrogen) atoms. The first kappa shape index (κ1) is 29.4. The molecule has 2 aromatic carbocycles. The first-order valence-corrected chi connectivity index (χ1v) is 13.9. The van der Waals surface area contributed by atoms with Gasteiger partial charge in [-0.25, -0.2) is 14.6 Å². The van der Waals surface area contributed by atoms with Crippen molar-refractivity contribution in [3.05, 3.63) is 75.8 Å². The molecular formula is C30H35N5O6. The smallest absolute Gasteiger partial charge is 0.342 e. The van der Waals surface area contributed by atoms with E-state index in [0.29, 0.717) is 23.2 Å². The van der Waals surface area contributed by atoms with Crippen molar-refractivity contribution in [2.45, 2.75) is 71.1 Å². The van der Waals surface area contributed by atoms with Gasteiger partial charge in [-0.3, -0.25) is 24.3 Å². The third-order valence-corrected chi connectivity index (χ3v) is 7.14. The van der Waals surface area contributed by atoms with Crippen LogP contribution in [0.2, 0.25) is 0 Å². The van der Waals surface area contributed by atoms with Crippen LogP contribution >= 0.6 is 0 Å². The lowest BCUT2D eigenvalue weighted by Gasteiger charge is -2.35. The summed E-state index contributed by atoms with van der Waals surface area (Å²) in [6.07, 6.45) is 3.77. The molecule has 0 spiro atoms. The lowest BCUT2D eigenvalue weighted by molar-refractivity contribution is -0.164. The van der Waals surface area contributed by atoms with E-state index in [0.717, 1.165) is 30.3 Å². The average Bonchev–Trinajstić information content (AvgIpc) is 2.96. The Hall–Kier alpha value is -4.54. The molecule has 216 valence electrons. The van der Waals surface area contributed by atoms with Gasteiger partial charge in [0.15, 0.2) is 0 Å². The highest BCUT2D eigenvalue weighted by atomic mass is 16.5. The summed E-state index contributed by atoms with van der Waals surface area (Å²) in [5, 5.41) is 7.96. The highest BCUT2D eigenvalue weighted by molar-refractivity contribution is 6.13. The second-order valence-electron chi connectivity index (χ2n) is 10.1. The van der Waals surface area contributed by atoms with Gasteiger partial charge in [-0.2, -0.15) is 0 Å². The molecule has 11 heteroatoms. The van der Waals surface area contributed by atoms with Crippen molar-refractivity contribution in [1.29, 1.82) is 0 Å². The summed E-state index contributed by atoms with van der Waals surface area (Å²) in [6.45, 7) is 4.26. The number of ether oxygens (including phenoxy) is 1. The molecule has 1 unspecified atom stereocenters. The van der Waals surface area contributed by atoms with Crippen molar-refractivity contribution < 1.29 is 23.9 Å². The Morgan fingerprint density at radius 1 is 1.02 bits per heavy atom. The first-order valence-electron chi connectivity index (χ1n) is 13.9. The van der Waals surface area contributed by atoms with Gasteiger partial charge in [0.1, 0.15) is 12.4 Å². The molecule has 0 bridgehead atoms. The second-order valence-corrected chi connectivity index (χ2v) is 10.1. The zero-order chi connectivity index (χ0) is 29.4. The molecule has 1 aliphatic rings. The Labute approximate surface area is 237 Å². The summed E-state index contributed by atoms with van der Waals surface area (Å²) in [6, 6.07) is 13.6. The highest BCUT2D eigenvalue weighted by Crippen LogP contribution is 2.30. The van der Waals surface area contributed by atoms with E-state index in [1.807, 2.05) is 6.07 Å². The number of hydrogen-bond donors (Lipinski definition) is 3. The van der Waals surface area contributed by atoms with Crippen molar-refractivity contribution >= 4 is 34.7 Å². The zero-order valence-electron chi connectivity index (χ0n) is 23.3. The van der Waals surface area contributed by atoms with Gasteiger partial charge < -0.3 is 15.4 Å². The molecule has 4 rings (SSSR count). The molecular weight excluding hydrogens is 526 g/mol. The predicted octanol–water partition coefficient (Wildman–Crippen LogP) is 2.96. The summed E-state index contributed by atoms with van der Waals surface area (Å²) in [4.78, 5) is 69.6. The minimum absolute atomic E-state index is 0.117. The zero-order valence-corrected chi connectivity index (χ0v) is 23.3. The monoisotopic (exact) mass is 561 g/mol. The number of carbonyl (C=O) groups excluding carboxylic acids is 4. The molecule has 1 aliphatic heterocycles. The number of aryl methyl sites for hydroxylation is 1. The standard InChI is InChI=1S/C30H35N5O6/c1-3-4-5-9-16-31-29(40)32-18-22-12-13-24-23(17-22)26(37)35(20(2)33-24)30(15-14-25(36)34-27(30)38)28(39)41-19-21-10-7-6-8-11-21/h6-8,10-13,17H,3-5,9,14-16,18-19H2,1-2H3,(H2,31,32,40)(H,34,36,38). The lowest BCUT2D eigenvalue weighted by Crippen LogP contribution is -2.62. The van der Waals surface area contributed by atoms with Crippen molar-refractivity contribution in [1.82, 2.24) is 25.5 Å². The van der Waals surface area contributed by atoms with Gasteiger partial charge in [0.25, 0.3) is 11.5 Å². The van der Waals surface area contributed by atoms with Crippen LogP contribution in [0.5, 0.6) is 0 Å². The third kappa shape index (κ3) is 6.62. The SMILES string of the molecule is CCCCCCNC(=O)NCc1ccc2nc(C)n(C3(C(=O)OCc4ccccc4)CCC(=O)NC3=O)c(=O)c2c1. The number of nitrogens with one attached hydrogen (secondary N) is 3. The fourth-order valence-corrected chi connectivity index (χ4v) is 4.94. The largest absolute Gasteiger partial charge is 0.459 e. The van der Waals surface area contributed by atoms with E-state index in [1.54, 1.807) is 42.5 Å². The number of hydrogen-bond acceptors (Lipinski definition) is 7. The number of rotatable bonds is 11. The maximum Gasteiger partial charge on any atom is 0.342 e. The van der Waals surface area contributed by atoms with Crippen LogP contribution in [0.1, 0.15) is 62.4 Å². The summed E-state index contributed by atoms with van der Waals surface area (Å²) in [7, 11) is 0. The van der Waals surface area contributed by atoms with Crippen LogP contribution < -0.4 is 21.5 Å². The maximum atomic E-state index is 13.9. The Morgan fingerprint density at radius 2 is 1.80 bits per heavy atom. The van der Waals surface area contributed by atoms with E-state index < -0.39 is 28.9 Å². The van der Waals surface area contributed by atoms with Crippen LogP contribution in [0.4, 0.5) is 4.79 Å². The highest BCUT2D eigenvalue weighted by Gasteiger charge is 2.54. The quantitative estimate of drug-likeness (QED) is 0.141. The molecule has 2 heterocycles. The molecule has 4 amide bonds. The molecule has 1 fully saturated rings. The summed E-state index contributed by atoms with van der Waals surface area (Å²) in [5.74, 6) is -2.31. The third-order valence-electron chi connectivity index (χ3n) is 7.14. The van der Waals surface area contributed by atoms with E-state index >= 15 is 0 Å². The Morgan fingerprint density at radius 3 is 2.54 bits per heavy atom. The number of esters is 1. The number of carbonyl (C=O) groups is 4. The van der Waals surface area contributed by atoms with Gasteiger partial charge in [-0.05, 0) is 43.0 Å². The predicted molar refractivity (Wildman–Crippen MR) is 152 cm³/mol. The van der Waals surface area contributed by atoms with Gasteiger partial charge in [0.2, 0.25) is 11.4 Å². The molecule has 1 aromatic heterocycles. The van der Waals surface area contributed by atoms with Gasteiger partial charge in [-0.1, -0.05) is 62.6 Å². The van der Waals surface area contributed by atoms with Crippen LogP contribution in [-0.4, -0.2) is 39.9 Å². The number of amides is 4. The molecule has 0 radical (unpaired) electrons. The van der Waals surface area contributed by atoms with E-state index in [2.05, 4.69) is 27.9 Å². The van der Waals surface area contributed by atoms with Crippen molar-refractivity contribution in [3.8, 4) is 0 Å². The van der Waals surface area contributed by atoms with Gasteiger partial charge >= 0.3 is 12.0 Å². The van der Waals surface area contributed by atoms with Crippen LogP contribution in [0.25, 0.3) is 10.9 Å². The van der Waals surface area contributed by atoms with E-state index in [1.165, 1.54) is 6.92 Å². The van der Waals surface area contributed by atoms with Crippen LogP contribution in [0.15, 0.2) is 53.3 Å². The Balaban J connectivity index is 1.62. The topological polar surface area (TPSA) is 148 Å². The Kier molecular flexibility index (Phi) is 9.49. The summed E-state index contributed by atoms with van der Waals surface area (Å²) in [5.41, 5.74) is -1.04. The molecule has 0 aliphatic carbocycles. The number of urea groups is 1. The molecule has 1 saturated heterocycles. The number of piperidine rings is 1. The number of unbranched alkanes of at least 4 members (excludes halogenated alkanes) is 3. The normalized spacial score (nSPS) is 16.7. The van der Waals surface area contributed by atoms with E-state index in [4.69, 9.17) is 4.74 Å². The fraction of sp³-hybridized carbons (Fsp3) is 0.400. The van der Waals surface area contributed by atoms with Gasteiger partial charge in [0.05, 0.1) is 10.9 Å². The molecule has 3 aromatic rings.